The summed E-state index contributed by atoms with van der Waals surface area (Å²) in [7, 11) is 0. The predicted molar refractivity (Wildman–Crippen MR) is 106 cm³/mol. The van der Waals surface area contributed by atoms with Crippen LogP contribution in [-0.2, 0) is 17.6 Å². The number of ether oxygens (including phenoxy) is 1. The molecule has 0 aliphatic heterocycles. The van der Waals surface area contributed by atoms with Crippen LogP contribution in [-0.4, -0.2) is 42.0 Å². The van der Waals surface area contributed by atoms with E-state index in [0.717, 1.165) is 31.4 Å². The number of rotatable bonds is 7. The third-order valence-electron chi connectivity index (χ3n) is 4.90. The van der Waals surface area contributed by atoms with Crippen LogP contribution in [0, 0.1) is 0 Å². The van der Waals surface area contributed by atoms with Gasteiger partial charge < -0.3 is 19.8 Å². The SMILES string of the molecule is O=C(O)COc1ccc2c(c1)C[C@H](N(CCO)c1cccc(Cl)c1)CCC2. The number of carboxylic acid groups (broad SMARTS) is 1. The third-order valence-corrected chi connectivity index (χ3v) is 5.14. The summed E-state index contributed by atoms with van der Waals surface area (Å²) >= 11 is 6.17. The van der Waals surface area contributed by atoms with Gasteiger partial charge in [-0.05, 0) is 67.1 Å². The van der Waals surface area contributed by atoms with Gasteiger partial charge in [-0.25, -0.2) is 4.79 Å². The number of aliphatic hydroxyl groups excluding tert-OH is 1. The molecule has 0 radical (unpaired) electrons. The summed E-state index contributed by atoms with van der Waals surface area (Å²) in [6.45, 7) is 0.258. The number of nitrogens with zero attached hydrogens (tertiary/aromatic N) is 1. The maximum absolute atomic E-state index is 10.7. The zero-order valence-corrected chi connectivity index (χ0v) is 15.9. The first-order valence-corrected chi connectivity index (χ1v) is 9.54. The number of aliphatic carboxylic acids is 1. The Morgan fingerprint density at radius 3 is 2.81 bits per heavy atom. The average molecular weight is 390 g/mol. The van der Waals surface area contributed by atoms with Gasteiger partial charge in [-0.15, -0.1) is 0 Å². The Kier molecular flexibility index (Phi) is 6.58. The molecule has 0 aromatic heterocycles. The van der Waals surface area contributed by atoms with Gasteiger partial charge in [0.25, 0.3) is 0 Å². The van der Waals surface area contributed by atoms with Crippen LogP contribution in [0.1, 0.15) is 24.0 Å². The number of aryl methyl sites for hydroxylation is 1. The summed E-state index contributed by atoms with van der Waals surface area (Å²) in [6, 6.07) is 13.8. The van der Waals surface area contributed by atoms with E-state index < -0.39 is 5.97 Å². The van der Waals surface area contributed by atoms with Crippen molar-refractivity contribution in [3.63, 3.8) is 0 Å². The molecular weight excluding hydrogens is 366 g/mol. The first-order valence-electron chi connectivity index (χ1n) is 9.16. The minimum absolute atomic E-state index is 0.0671. The Morgan fingerprint density at radius 2 is 2.07 bits per heavy atom. The summed E-state index contributed by atoms with van der Waals surface area (Å²) in [4.78, 5) is 13.0. The summed E-state index contributed by atoms with van der Waals surface area (Å²) in [5, 5.41) is 19.1. The normalized spacial score (nSPS) is 16.3. The van der Waals surface area contributed by atoms with E-state index in [1.54, 1.807) is 0 Å². The van der Waals surface area contributed by atoms with Crippen LogP contribution in [0.5, 0.6) is 5.75 Å². The number of fused-ring (bicyclic) bond motifs is 1. The molecule has 0 spiro atoms. The average Bonchev–Trinajstić information content (AvgIpc) is 2.86. The van der Waals surface area contributed by atoms with E-state index in [1.807, 2.05) is 42.5 Å². The van der Waals surface area contributed by atoms with Crippen LogP contribution < -0.4 is 9.64 Å². The first-order chi connectivity index (χ1) is 13.1. The second-order valence-corrected chi connectivity index (χ2v) is 7.20. The fourth-order valence-corrected chi connectivity index (χ4v) is 3.89. The van der Waals surface area contributed by atoms with Gasteiger partial charge in [-0.2, -0.15) is 0 Å². The molecule has 6 heteroatoms. The van der Waals surface area contributed by atoms with Gasteiger partial charge in [0, 0.05) is 23.3 Å². The van der Waals surface area contributed by atoms with E-state index in [4.69, 9.17) is 21.4 Å². The van der Waals surface area contributed by atoms with Crippen LogP contribution in [0.15, 0.2) is 42.5 Å². The van der Waals surface area contributed by atoms with Crippen molar-refractivity contribution in [1.29, 1.82) is 0 Å². The van der Waals surface area contributed by atoms with Crippen molar-refractivity contribution in [2.75, 3.05) is 24.7 Å². The Morgan fingerprint density at radius 1 is 1.22 bits per heavy atom. The Bertz CT molecular complexity index is 796. The van der Waals surface area contributed by atoms with E-state index in [-0.39, 0.29) is 19.3 Å². The van der Waals surface area contributed by atoms with Crippen LogP contribution in [0.3, 0.4) is 0 Å². The number of anilines is 1. The summed E-state index contributed by atoms with van der Waals surface area (Å²) < 4.78 is 5.35. The molecule has 0 saturated heterocycles. The molecule has 1 aliphatic carbocycles. The number of carbonyl (C=O) groups is 1. The highest BCUT2D eigenvalue weighted by Gasteiger charge is 2.23. The Balaban J connectivity index is 1.84. The van der Waals surface area contributed by atoms with Gasteiger partial charge in [0.1, 0.15) is 5.75 Å². The monoisotopic (exact) mass is 389 g/mol. The number of carboxylic acids is 1. The molecule has 3 rings (SSSR count). The minimum atomic E-state index is -0.988. The second kappa shape index (κ2) is 9.11. The molecule has 144 valence electrons. The maximum Gasteiger partial charge on any atom is 0.341 e. The molecule has 2 aromatic rings. The fraction of sp³-hybridized carbons (Fsp3) is 0.381. The van der Waals surface area contributed by atoms with Crippen LogP contribution in [0.25, 0.3) is 0 Å². The Labute approximate surface area is 164 Å². The van der Waals surface area contributed by atoms with Gasteiger partial charge in [0.15, 0.2) is 6.61 Å². The molecule has 2 N–H and O–H groups in total. The lowest BCUT2D eigenvalue weighted by molar-refractivity contribution is -0.139. The van der Waals surface area contributed by atoms with Gasteiger partial charge in [0.05, 0.1) is 6.61 Å². The molecule has 0 heterocycles. The molecule has 0 bridgehead atoms. The number of aliphatic hydroxyl groups is 1. The quantitative estimate of drug-likeness (QED) is 0.709. The van der Waals surface area contributed by atoms with Gasteiger partial charge >= 0.3 is 5.97 Å². The van der Waals surface area contributed by atoms with E-state index in [9.17, 15) is 9.90 Å². The zero-order chi connectivity index (χ0) is 19.2. The van der Waals surface area contributed by atoms with Crippen molar-refractivity contribution in [2.45, 2.75) is 31.7 Å². The van der Waals surface area contributed by atoms with Gasteiger partial charge in [-0.1, -0.05) is 23.7 Å². The van der Waals surface area contributed by atoms with Crippen LogP contribution in [0.4, 0.5) is 5.69 Å². The smallest absolute Gasteiger partial charge is 0.341 e. The molecule has 27 heavy (non-hydrogen) atoms. The van der Waals surface area contributed by atoms with Crippen molar-refractivity contribution in [1.82, 2.24) is 0 Å². The molecule has 1 aliphatic rings. The standard InChI is InChI=1S/C21H24ClNO4/c22-17-4-2-6-19(13-17)23(9-10-24)18-5-1-3-15-7-8-20(12-16(15)11-18)27-14-21(25)26/h2,4,6-8,12-13,18,24H,1,3,5,9-11,14H2,(H,25,26)/t18-/m1/s1. The number of benzene rings is 2. The molecular formula is C21H24ClNO4. The van der Waals surface area contributed by atoms with E-state index in [0.29, 0.717) is 17.3 Å². The number of halogens is 1. The topological polar surface area (TPSA) is 70.0 Å². The van der Waals surface area contributed by atoms with Crippen molar-refractivity contribution >= 4 is 23.3 Å². The molecule has 2 aromatic carbocycles. The van der Waals surface area contributed by atoms with E-state index in [2.05, 4.69) is 4.90 Å². The van der Waals surface area contributed by atoms with Crippen LogP contribution >= 0.6 is 11.6 Å². The summed E-state index contributed by atoms with van der Waals surface area (Å²) in [5.74, 6) is -0.411. The predicted octanol–water partition coefficient (Wildman–Crippen LogP) is 3.55. The fourth-order valence-electron chi connectivity index (χ4n) is 3.71. The van der Waals surface area contributed by atoms with Crippen molar-refractivity contribution in [3.05, 3.63) is 58.6 Å². The maximum atomic E-state index is 10.7. The number of hydrogen-bond acceptors (Lipinski definition) is 4. The largest absolute Gasteiger partial charge is 0.482 e. The van der Waals surface area contributed by atoms with Gasteiger partial charge in [-0.3, -0.25) is 0 Å². The van der Waals surface area contributed by atoms with Crippen molar-refractivity contribution in [2.24, 2.45) is 0 Å². The summed E-state index contributed by atoms with van der Waals surface area (Å²) in [5.41, 5.74) is 3.45. The molecule has 0 amide bonds. The second-order valence-electron chi connectivity index (χ2n) is 6.76. The first kappa shape index (κ1) is 19.5. The van der Waals surface area contributed by atoms with Crippen molar-refractivity contribution in [3.8, 4) is 5.75 Å². The minimum Gasteiger partial charge on any atom is -0.482 e. The highest BCUT2D eigenvalue weighted by Crippen LogP contribution is 2.30. The van der Waals surface area contributed by atoms with Crippen molar-refractivity contribution < 1.29 is 19.7 Å². The molecule has 5 nitrogen and oxygen atoms in total. The highest BCUT2D eigenvalue weighted by molar-refractivity contribution is 6.30. The van der Waals surface area contributed by atoms with Crippen LogP contribution in [0.2, 0.25) is 5.02 Å². The zero-order valence-electron chi connectivity index (χ0n) is 15.1. The molecule has 0 unspecified atom stereocenters. The highest BCUT2D eigenvalue weighted by atomic mass is 35.5. The van der Waals surface area contributed by atoms with E-state index >= 15 is 0 Å². The molecule has 0 saturated carbocycles. The van der Waals surface area contributed by atoms with Gasteiger partial charge in [0.2, 0.25) is 0 Å². The summed E-state index contributed by atoms with van der Waals surface area (Å²) in [6.07, 6.45) is 3.85. The lowest BCUT2D eigenvalue weighted by atomic mass is 10.00. The molecule has 0 fully saturated rings. The third kappa shape index (κ3) is 5.15. The Hall–Kier alpha value is -2.24. The van der Waals surface area contributed by atoms with E-state index in [1.165, 1.54) is 11.1 Å². The lowest BCUT2D eigenvalue weighted by Crippen LogP contribution is -2.38. The lowest BCUT2D eigenvalue weighted by Gasteiger charge is -2.33. The molecule has 1 atom stereocenters. The number of hydrogen-bond donors (Lipinski definition) is 2.